The summed E-state index contributed by atoms with van der Waals surface area (Å²) in [6, 6.07) is 1.59. The van der Waals surface area contributed by atoms with Crippen LogP contribution < -0.4 is 5.32 Å². The van der Waals surface area contributed by atoms with Gasteiger partial charge >= 0.3 is 0 Å². The van der Waals surface area contributed by atoms with Gasteiger partial charge in [-0.25, -0.2) is 4.39 Å². The van der Waals surface area contributed by atoms with Crippen LogP contribution in [0.25, 0.3) is 5.57 Å². The quantitative estimate of drug-likeness (QED) is 0.782. The Morgan fingerprint density at radius 1 is 1.38 bits per heavy atom. The fourth-order valence-electron chi connectivity index (χ4n) is 2.80. The Hall–Kier alpha value is -1.22. The second-order valence-corrected chi connectivity index (χ2v) is 4.70. The van der Waals surface area contributed by atoms with Gasteiger partial charge in [0, 0.05) is 6.20 Å². The van der Waals surface area contributed by atoms with Gasteiger partial charge in [0.2, 0.25) is 0 Å². The van der Waals surface area contributed by atoms with Crippen molar-refractivity contribution in [1.29, 1.82) is 0 Å². The highest BCUT2D eigenvalue weighted by atomic mass is 19.1. The van der Waals surface area contributed by atoms with E-state index >= 15 is 0 Å². The van der Waals surface area contributed by atoms with E-state index in [4.69, 9.17) is 0 Å². The molecule has 0 spiro atoms. The fourth-order valence-corrected chi connectivity index (χ4v) is 2.80. The number of fused-ring (bicyclic) bond motifs is 1. The van der Waals surface area contributed by atoms with Gasteiger partial charge < -0.3 is 5.32 Å². The minimum atomic E-state index is -0.244. The summed E-state index contributed by atoms with van der Waals surface area (Å²) in [6.45, 7) is 2.19. The molecular formula is C13H15FN2. The maximum atomic E-state index is 13.1. The molecule has 2 heterocycles. The largest absolute Gasteiger partial charge is 0.316 e. The molecule has 2 unspecified atom stereocenters. The molecule has 1 aliphatic heterocycles. The number of piperidine rings is 1. The van der Waals surface area contributed by atoms with Crippen LogP contribution in [0.15, 0.2) is 24.5 Å². The van der Waals surface area contributed by atoms with Crippen molar-refractivity contribution in [3.63, 3.8) is 0 Å². The Morgan fingerprint density at radius 3 is 3.12 bits per heavy atom. The molecule has 2 atom stereocenters. The molecule has 0 saturated carbocycles. The van der Waals surface area contributed by atoms with Crippen molar-refractivity contribution >= 4 is 5.57 Å². The van der Waals surface area contributed by atoms with Crippen molar-refractivity contribution in [2.75, 3.05) is 13.1 Å². The normalized spacial score (nSPS) is 28.7. The van der Waals surface area contributed by atoms with E-state index in [9.17, 15) is 4.39 Å². The number of pyridine rings is 1. The summed E-state index contributed by atoms with van der Waals surface area (Å²) in [5.74, 6) is 1.14. The number of aromatic nitrogens is 1. The van der Waals surface area contributed by atoms with E-state index in [1.165, 1.54) is 18.2 Å². The van der Waals surface area contributed by atoms with Gasteiger partial charge in [0.05, 0.1) is 6.20 Å². The highest BCUT2D eigenvalue weighted by molar-refractivity contribution is 5.67. The molecule has 3 rings (SSSR count). The predicted octanol–water partition coefficient (Wildman–Crippen LogP) is 2.23. The number of hydrogen-bond acceptors (Lipinski definition) is 2. The zero-order valence-corrected chi connectivity index (χ0v) is 9.12. The molecule has 1 aromatic heterocycles. The third kappa shape index (κ3) is 1.76. The Kier molecular flexibility index (Phi) is 2.48. The molecule has 1 aliphatic carbocycles. The highest BCUT2D eigenvalue weighted by Crippen LogP contribution is 2.38. The molecule has 2 aliphatic rings. The van der Waals surface area contributed by atoms with Crippen molar-refractivity contribution in [3.05, 3.63) is 35.9 Å². The number of nitrogens with zero attached hydrogens (tertiary/aromatic N) is 1. The number of nitrogens with one attached hydrogen (secondary N) is 1. The van der Waals surface area contributed by atoms with E-state index < -0.39 is 0 Å². The van der Waals surface area contributed by atoms with E-state index in [1.54, 1.807) is 12.3 Å². The monoisotopic (exact) mass is 218 g/mol. The highest BCUT2D eigenvalue weighted by Gasteiger charge is 2.30. The summed E-state index contributed by atoms with van der Waals surface area (Å²) in [6.07, 6.45) is 7.61. The zero-order chi connectivity index (χ0) is 11.0. The average Bonchev–Trinajstić information content (AvgIpc) is 2.72. The van der Waals surface area contributed by atoms with Crippen molar-refractivity contribution in [1.82, 2.24) is 10.3 Å². The molecule has 0 amide bonds. The Labute approximate surface area is 94.6 Å². The molecule has 0 radical (unpaired) electrons. The maximum absolute atomic E-state index is 13.1. The van der Waals surface area contributed by atoms with Crippen LogP contribution in [0, 0.1) is 17.7 Å². The molecule has 1 aromatic rings. The maximum Gasteiger partial charge on any atom is 0.142 e. The Morgan fingerprint density at radius 2 is 2.31 bits per heavy atom. The average molecular weight is 218 g/mol. The topological polar surface area (TPSA) is 24.9 Å². The number of hydrogen-bond donors (Lipinski definition) is 1. The van der Waals surface area contributed by atoms with Crippen LogP contribution in [0.5, 0.6) is 0 Å². The van der Waals surface area contributed by atoms with Gasteiger partial charge in [-0.05, 0) is 55.0 Å². The lowest BCUT2D eigenvalue weighted by atomic mass is 9.89. The fraction of sp³-hybridized carbons (Fsp3) is 0.462. The first-order valence-electron chi connectivity index (χ1n) is 5.85. The predicted molar refractivity (Wildman–Crippen MR) is 61.3 cm³/mol. The molecule has 1 saturated heterocycles. The lowest BCUT2D eigenvalue weighted by Gasteiger charge is -2.25. The summed E-state index contributed by atoms with van der Waals surface area (Å²) in [7, 11) is 0. The van der Waals surface area contributed by atoms with Gasteiger partial charge in [0.25, 0.3) is 0 Å². The Bertz CT molecular complexity index is 428. The van der Waals surface area contributed by atoms with Gasteiger partial charge in [-0.2, -0.15) is 0 Å². The van der Waals surface area contributed by atoms with Gasteiger partial charge in [0.15, 0.2) is 0 Å². The Balaban J connectivity index is 1.86. The molecule has 0 aromatic carbocycles. The SMILES string of the molecule is Fc1cncc(C2=CC3CCNCC3C2)c1. The summed E-state index contributed by atoms with van der Waals surface area (Å²) in [5, 5.41) is 3.42. The van der Waals surface area contributed by atoms with Crippen LogP contribution >= 0.6 is 0 Å². The first-order chi connectivity index (χ1) is 7.83. The number of halogens is 1. The van der Waals surface area contributed by atoms with E-state index in [0.717, 1.165) is 25.1 Å². The lowest BCUT2D eigenvalue weighted by molar-refractivity contribution is 0.324. The summed E-state index contributed by atoms with van der Waals surface area (Å²) < 4.78 is 13.1. The van der Waals surface area contributed by atoms with E-state index in [2.05, 4.69) is 16.4 Å². The lowest BCUT2D eigenvalue weighted by Crippen LogP contribution is -2.33. The van der Waals surface area contributed by atoms with E-state index in [-0.39, 0.29) is 5.82 Å². The van der Waals surface area contributed by atoms with Crippen LogP contribution in [-0.2, 0) is 0 Å². The van der Waals surface area contributed by atoms with Crippen LogP contribution in [-0.4, -0.2) is 18.1 Å². The van der Waals surface area contributed by atoms with Gasteiger partial charge in [-0.3, -0.25) is 4.98 Å². The molecular weight excluding hydrogens is 203 g/mol. The minimum Gasteiger partial charge on any atom is -0.316 e. The van der Waals surface area contributed by atoms with Crippen molar-refractivity contribution < 1.29 is 4.39 Å². The summed E-state index contributed by atoms with van der Waals surface area (Å²) >= 11 is 0. The second-order valence-electron chi connectivity index (χ2n) is 4.70. The molecule has 2 nitrogen and oxygen atoms in total. The van der Waals surface area contributed by atoms with Crippen LogP contribution in [0.4, 0.5) is 4.39 Å². The van der Waals surface area contributed by atoms with Gasteiger partial charge in [-0.15, -0.1) is 0 Å². The summed E-state index contributed by atoms with van der Waals surface area (Å²) in [4.78, 5) is 3.91. The molecule has 84 valence electrons. The van der Waals surface area contributed by atoms with Crippen molar-refractivity contribution in [2.45, 2.75) is 12.8 Å². The molecule has 3 heteroatoms. The third-order valence-corrected chi connectivity index (χ3v) is 3.64. The molecule has 1 fully saturated rings. The van der Waals surface area contributed by atoms with Gasteiger partial charge in [-0.1, -0.05) is 6.08 Å². The number of allylic oxidation sites excluding steroid dienone is 2. The minimum absolute atomic E-state index is 0.244. The first kappa shape index (κ1) is 9.97. The number of rotatable bonds is 1. The molecule has 16 heavy (non-hydrogen) atoms. The van der Waals surface area contributed by atoms with Crippen LogP contribution in [0.2, 0.25) is 0 Å². The van der Waals surface area contributed by atoms with Crippen LogP contribution in [0.3, 0.4) is 0 Å². The van der Waals surface area contributed by atoms with E-state index in [0.29, 0.717) is 11.8 Å². The molecule has 0 bridgehead atoms. The van der Waals surface area contributed by atoms with Crippen molar-refractivity contribution in [3.8, 4) is 0 Å². The van der Waals surface area contributed by atoms with E-state index in [1.807, 2.05) is 0 Å². The van der Waals surface area contributed by atoms with Gasteiger partial charge in [0.1, 0.15) is 5.82 Å². The smallest absolute Gasteiger partial charge is 0.142 e. The summed E-state index contributed by atoms with van der Waals surface area (Å²) in [5.41, 5.74) is 2.22. The van der Waals surface area contributed by atoms with Crippen LogP contribution in [0.1, 0.15) is 18.4 Å². The third-order valence-electron chi connectivity index (χ3n) is 3.64. The molecule has 1 N–H and O–H groups in total. The van der Waals surface area contributed by atoms with Crippen molar-refractivity contribution in [2.24, 2.45) is 11.8 Å². The zero-order valence-electron chi connectivity index (χ0n) is 9.12. The standard InChI is InChI=1S/C13H15FN2/c14-13-5-12(7-16-8-13)10-3-9-1-2-15-6-11(9)4-10/h3,5,7-9,11,15H,1-2,4,6H2. The second kappa shape index (κ2) is 3.98. The first-order valence-corrected chi connectivity index (χ1v) is 5.85.